The van der Waals surface area contributed by atoms with Gasteiger partial charge in [-0.15, -0.1) is 0 Å². The summed E-state index contributed by atoms with van der Waals surface area (Å²) in [5.74, 6) is -1.98. The van der Waals surface area contributed by atoms with Gasteiger partial charge in [-0.2, -0.15) is 0 Å². The van der Waals surface area contributed by atoms with Gasteiger partial charge in [0.05, 0.1) is 17.1 Å². The van der Waals surface area contributed by atoms with Crippen molar-refractivity contribution in [3.63, 3.8) is 0 Å². The summed E-state index contributed by atoms with van der Waals surface area (Å²) in [4.78, 5) is 57.7. The van der Waals surface area contributed by atoms with Gasteiger partial charge in [0.1, 0.15) is 0 Å². The Balaban J connectivity index is 1.64. The topological polar surface area (TPSA) is 154 Å². The molecule has 186 valence electrons. The highest BCUT2D eigenvalue weighted by Gasteiger charge is 2.12. The predicted molar refractivity (Wildman–Crippen MR) is 127 cm³/mol. The Hall–Kier alpha value is -4.28. The second-order valence-electron chi connectivity index (χ2n) is 7.48. The quantitative estimate of drug-likeness (QED) is 0.188. The van der Waals surface area contributed by atoms with E-state index in [1.807, 2.05) is 6.92 Å². The molecule has 0 saturated heterocycles. The molecule has 0 aliphatic rings. The summed E-state index contributed by atoms with van der Waals surface area (Å²) in [6.07, 6.45) is 1.88. The Bertz CT molecular complexity index is 1040. The van der Waals surface area contributed by atoms with Crippen molar-refractivity contribution in [1.29, 1.82) is 0 Å². The Labute approximate surface area is 201 Å². The fourth-order valence-electron chi connectivity index (χ4n) is 2.78. The zero-order chi connectivity index (χ0) is 25.6. The molecule has 0 aliphatic carbocycles. The second-order valence-corrected chi connectivity index (χ2v) is 7.48. The van der Waals surface area contributed by atoms with Gasteiger partial charge in [0.2, 0.25) is 5.91 Å². The second kappa shape index (κ2) is 14.1. The largest absolute Gasteiger partial charge is 0.462 e. The van der Waals surface area contributed by atoms with Gasteiger partial charge in [0.15, 0.2) is 6.61 Å². The van der Waals surface area contributed by atoms with Gasteiger partial charge < -0.3 is 20.1 Å². The number of hydrogen-bond acceptors (Lipinski definition) is 8. The average molecular weight is 485 g/mol. The number of hydrogen-bond donors (Lipinski definition) is 2. The summed E-state index contributed by atoms with van der Waals surface area (Å²) in [5, 5.41) is 15.8. The Kier molecular flexibility index (Phi) is 10.9. The number of non-ortho nitro benzene ring substituents is 1. The van der Waals surface area contributed by atoms with Crippen LogP contribution in [0.3, 0.4) is 0 Å². The molecule has 0 aromatic heterocycles. The third-order valence-corrected chi connectivity index (χ3v) is 4.65. The predicted octanol–water partition coefficient (Wildman–Crippen LogP) is 3.84. The van der Waals surface area contributed by atoms with Crippen LogP contribution < -0.4 is 10.6 Å². The molecule has 0 heterocycles. The lowest BCUT2D eigenvalue weighted by Crippen LogP contribution is -2.21. The number of benzene rings is 2. The molecule has 0 fully saturated rings. The number of amides is 2. The number of unbranched alkanes of at least 4 members (excludes halogenated alkanes) is 1. The molecule has 35 heavy (non-hydrogen) atoms. The molecular weight excluding hydrogens is 458 g/mol. The van der Waals surface area contributed by atoms with Crippen LogP contribution >= 0.6 is 0 Å². The fourth-order valence-corrected chi connectivity index (χ4v) is 2.78. The molecule has 2 rings (SSSR count). The standard InChI is InChI=1S/C24H27N3O8/c1-2-3-15-34-24(31)17-7-9-18(10-8-17)26-22(29)16-35-23(30)6-4-5-21(28)25-19-11-13-20(14-12-19)27(32)33/h7-14H,2-6,15-16H2,1H3,(H,25,28)(H,26,29). The van der Waals surface area contributed by atoms with Crippen molar-refractivity contribution in [1.82, 2.24) is 0 Å². The summed E-state index contributed by atoms with van der Waals surface area (Å²) >= 11 is 0. The highest BCUT2D eigenvalue weighted by molar-refractivity contribution is 5.94. The summed E-state index contributed by atoms with van der Waals surface area (Å²) < 4.78 is 10.0. The van der Waals surface area contributed by atoms with Crippen LogP contribution in [0.25, 0.3) is 0 Å². The summed E-state index contributed by atoms with van der Waals surface area (Å²) in [7, 11) is 0. The van der Waals surface area contributed by atoms with E-state index in [1.54, 1.807) is 12.1 Å². The zero-order valence-corrected chi connectivity index (χ0v) is 19.3. The molecule has 11 nitrogen and oxygen atoms in total. The molecule has 11 heteroatoms. The van der Waals surface area contributed by atoms with E-state index in [1.165, 1.54) is 36.4 Å². The van der Waals surface area contributed by atoms with Gasteiger partial charge in [-0.05, 0) is 49.2 Å². The minimum absolute atomic E-state index is 0.0332. The van der Waals surface area contributed by atoms with Crippen LogP contribution in [0, 0.1) is 10.1 Å². The van der Waals surface area contributed by atoms with E-state index < -0.39 is 29.4 Å². The number of ether oxygens (including phenoxy) is 2. The Morgan fingerprint density at radius 2 is 1.43 bits per heavy atom. The minimum Gasteiger partial charge on any atom is -0.462 e. The van der Waals surface area contributed by atoms with Gasteiger partial charge in [0, 0.05) is 36.3 Å². The normalized spacial score (nSPS) is 10.2. The van der Waals surface area contributed by atoms with Crippen LogP contribution in [0.15, 0.2) is 48.5 Å². The number of nitro benzene ring substituents is 1. The maximum atomic E-state index is 12.0. The Morgan fingerprint density at radius 3 is 2.03 bits per heavy atom. The van der Waals surface area contributed by atoms with Gasteiger partial charge in [-0.1, -0.05) is 13.3 Å². The first-order valence-corrected chi connectivity index (χ1v) is 11.1. The lowest BCUT2D eigenvalue weighted by Gasteiger charge is -2.08. The molecule has 0 radical (unpaired) electrons. The summed E-state index contributed by atoms with van der Waals surface area (Å²) in [6, 6.07) is 11.5. The first-order chi connectivity index (χ1) is 16.8. The van der Waals surface area contributed by atoms with Crippen LogP contribution in [0.4, 0.5) is 17.1 Å². The van der Waals surface area contributed by atoms with E-state index in [-0.39, 0.29) is 30.9 Å². The van der Waals surface area contributed by atoms with Crippen molar-refractivity contribution >= 4 is 40.8 Å². The molecule has 2 aromatic rings. The van der Waals surface area contributed by atoms with Crippen molar-refractivity contribution < 1.29 is 33.6 Å². The third-order valence-electron chi connectivity index (χ3n) is 4.65. The molecule has 0 aliphatic heterocycles. The number of esters is 2. The zero-order valence-electron chi connectivity index (χ0n) is 19.3. The monoisotopic (exact) mass is 485 g/mol. The first kappa shape index (κ1) is 27.0. The van der Waals surface area contributed by atoms with Crippen molar-refractivity contribution in [3.05, 3.63) is 64.2 Å². The Morgan fingerprint density at radius 1 is 0.829 bits per heavy atom. The molecule has 0 unspecified atom stereocenters. The van der Waals surface area contributed by atoms with Crippen molar-refractivity contribution in [3.8, 4) is 0 Å². The minimum atomic E-state index is -0.631. The molecule has 0 saturated carbocycles. The maximum Gasteiger partial charge on any atom is 0.338 e. The first-order valence-electron chi connectivity index (χ1n) is 11.1. The number of nitrogens with one attached hydrogen (secondary N) is 2. The van der Waals surface area contributed by atoms with E-state index in [4.69, 9.17) is 9.47 Å². The van der Waals surface area contributed by atoms with Crippen LogP contribution in [-0.4, -0.2) is 41.9 Å². The lowest BCUT2D eigenvalue weighted by molar-refractivity contribution is -0.384. The molecule has 2 aromatic carbocycles. The summed E-state index contributed by atoms with van der Waals surface area (Å²) in [6.45, 7) is 1.85. The van der Waals surface area contributed by atoms with E-state index >= 15 is 0 Å². The van der Waals surface area contributed by atoms with Gasteiger partial charge in [-0.3, -0.25) is 24.5 Å². The van der Waals surface area contributed by atoms with E-state index in [9.17, 15) is 29.3 Å². The van der Waals surface area contributed by atoms with Gasteiger partial charge in [0.25, 0.3) is 11.6 Å². The smallest absolute Gasteiger partial charge is 0.338 e. The maximum absolute atomic E-state index is 12.0. The highest BCUT2D eigenvalue weighted by Crippen LogP contribution is 2.16. The number of carbonyl (C=O) groups is 4. The van der Waals surface area contributed by atoms with E-state index in [0.717, 1.165) is 12.8 Å². The van der Waals surface area contributed by atoms with Gasteiger partial charge >= 0.3 is 11.9 Å². The fraction of sp³-hybridized carbons (Fsp3) is 0.333. The van der Waals surface area contributed by atoms with Gasteiger partial charge in [-0.25, -0.2) is 4.79 Å². The van der Waals surface area contributed by atoms with E-state index in [0.29, 0.717) is 23.5 Å². The number of nitrogens with zero attached hydrogens (tertiary/aromatic N) is 1. The van der Waals surface area contributed by atoms with Crippen molar-refractivity contribution in [2.45, 2.75) is 39.0 Å². The summed E-state index contributed by atoms with van der Waals surface area (Å²) in [5.41, 5.74) is 1.11. The number of anilines is 2. The SMILES string of the molecule is CCCCOC(=O)c1ccc(NC(=O)COC(=O)CCCC(=O)Nc2ccc([N+](=O)[O-])cc2)cc1. The molecule has 2 N–H and O–H groups in total. The van der Waals surface area contributed by atoms with Crippen molar-refractivity contribution in [2.75, 3.05) is 23.8 Å². The van der Waals surface area contributed by atoms with Crippen molar-refractivity contribution in [2.24, 2.45) is 0 Å². The van der Waals surface area contributed by atoms with Crippen LogP contribution in [0.1, 0.15) is 49.4 Å². The lowest BCUT2D eigenvalue weighted by atomic mass is 10.2. The average Bonchev–Trinajstić information content (AvgIpc) is 2.83. The highest BCUT2D eigenvalue weighted by atomic mass is 16.6. The molecule has 0 bridgehead atoms. The molecule has 0 spiro atoms. The van der Waals surface area contributed by atoms with E-state index in [2.05, 4.69) is 10.6 Å². The number of nitro groups is 1. The molecule has 0 atom stereocenters. The van der Waals surface area contributed by atoms with Crippen LogP contribution in [0.2, 0.25) is 0 Å². The molecule has 2 amide bonds. The number of carbonyl (C=O) groups excluding carboxylic acids is 4. The molecular formula is C24H27N3O8. The third kappa shape index (κ3) is 10.0. The number of rotatable bonds is 13. The van der Waals surface area contributed by atoms with Crippen LogP contribution in [0.5, 0.6) is 0 Å². The van der Waals surface area contributed by atoms with Crippen LogP contribution in [-0.2, 0) is 23.9 Å².